The molecule has 4 rings (SSSR count). The van der Waals surface area contributed by atoms with Gasteiger partial charge in [0.2, 0.25) is 5.91 Å². The lowest BCUT2D eigenvalue weighted by atomic mass is 10.1. The van der Waals surface area contributed by atoms with Crippen LogP contribution in [0.4, 0.5) is 5.69 Å². The Kier molecular flexibility index (Phi) is 5.13. The predicted molar refractivity (Wildman–Crippen MR) is 105 cm³/mol. The van der Waals surface area contributed by atoms with E-state index < -0.39 is 6.04 Å². The molecule has 3 heterocycles. The van der Waals surface area contributed by atoms with E-state index in [4.69, 9.17) is 0 Å². The maximum absolute atomic E-state index is 12.9. The summed E-state index contributed by atoms with van der Waals surface area (Å²) in [6.45, 7) is 5.74. The second-order valence-electron chi connectivity index (χ2n) is 7.60. The van der Waals surface area contributed by atoms with Gasteiger partial charge in [-0.3, -0.25) is 9.59 Å². The van der Waals surface area contributed by atoms with Gasteiger partial charge in [0.25, 0.3) is 5.91 Å². The average molecular weight is 382 g/mol. The molecule has 1 aromatic carbocycles. The van der Waals surface area contributed by atoms with Gasteiger partial charge in [0.05, 0.1) is 11.7 Å². The van der Waals surface area contributed by atoms with Crippen LogP contribution in [0.2, 0.25) is 0 Å². The van der Waals surface area contributed by atoms with E-state index in [-0.39, 0.29) is 23.9 Å². The molecular formula is C20H26N6O2. The zero-order valence-electron chi connectivity index (χ0n) is 16.3. The maximum Gasteiger partial charge on any atom is 0.274 e. The summed E-state index contributed by atoms with van der Waals surface area (Å²) in [5.41, 5.74) is 1.91. The molecule has 8 heteroatoms. The van der Waals surface area contributed by atoms with Gasteiger partial charge in [-0.25, -0.2) is 4.68 Å². The molecule has 0 unspecified atom stereocenters. The third kappa shape index (κ3) is 3.40. The molecule has 1 aromatic heterocycles. The number of rotatable bonds is 4. The number of hydrogen-bond acceptors (Lipinski definition) is 5. The number of amides is 2. The first-order valence-electron chi connectivity index (χ1n) is 9.87. The third-order valence-electron chi connectivity index (χ3n) is 5.69. The van der Waals surface area contributed by atoms with Crippen molar-refractivity contribution in [3.63, 3.8) is 0 Å². The summed E-state index contributed by atoms with van der Waals surface area (Å²) in [7, 11) is 0. The lowest BCUT2D eigenvalue weighted by molar-refractivity contribution is -0.118. The minimum atomic E-state index is -0.550. The molecule has 148 valence electrons. The molecule has 8 nitrogen and oxygen atoms in total. The van der Waals surface area contributed by atoms with Crippen LogP contribution < -0.4 is 15.5 Å². The Hall–Kier alpha value is -2.74. The average Bonchev–Trinajstić information content (AvgIpc) is 3.22. The zero-order chi connectivity index (χ0) is 19.7. The summed E-state index contributed by atoms with van der Waals surface area (Å²) in [4.78, 5) is 27.4. The monoisotopic (exact) mass is 382 g/mol. The minimum Gasteiger partial charge on any atom is -0.339 e. The van der Waals surface area contributed by atoms with Gasteiger partial charge in [0.1, 0.15) is 6.04 Å². The topological polar surface area (TPSA) is 92.2 Å². The van der Waals surface area contributed by atoms with Gasteiger partial charge in [0, 0.05) is 11.7 Å². The highest BCUT2D eigenvalue weighted by atomic mass is 16.2. The SMILES string of the molecule is Cc1c(C(=O)N[C@H]2C[C@H](C)N(c3ccccc3)C2=O)nnn1C1CCNCC1. The van der Waals surface area contributed by atoms with Gasteiger partial charge in [-0.2, -0.15) is 0 Å². The van der Waals surface area contributed by atoms with Crippen LogP contribution in [0, 0.1) is 6.92 Å². The number of benzene rings is 1. The number of aromatic nitrogens is 3. The maximum atomic E-state index is 12.9. The number of piperidine rings is 1. The van der Waals surface area contributed by atoms with E-state index in [0.29, 0.717) is 12.1 Å². The van der Waals surface area contributed by atoms with Crippen LogP contribution in [0.1, 0.15) is 48.4 Å². The molecule has 0 bridgehead atoms. The Balaban J connectivity index is 1.47. The number of carbonyl (C=O) groups excluding carboxylic acids is 2. The van der Waals surface area contributed by atoms with E-state index in [1.807, 2.05) is 48.9 Å². The van der Waals surface area contributed by atoms with Gasteiger partial charge in [0.15, 0.2) is 5.69 Å². The molecule has 2 atom stereocenters. The molecule has 0 radical (unpaired) electrons. The van der Waals surface area contributed by atoms with E-state index in [9.17, 15) is 9.59 Å². The van der Waals surface area contributed by atoms with E-state index >= 15 is 0 Å². The van der Waals surface area contributed by atoms with Gasteiger partial charge in [-0.05, 0) is 58.3 Å². The second-order valence-corrected chi connectivity index (χ2v) is 7.60. The van der Waals surface area contributed by atoms with Crippen molar-refractivity contribution in [2.75, 3.05) is 18.0 Å². The molecule has 2 aliphatic rings. The Labute approximate surface area is 164 Å². The van der Waals surface area contributed by atoms with Crippen molar-refractivity contribution in [2.45, 2.75) is 51.2 Å². The van der Waals surface area contributed by atoms with Crippen molar-refractivity contribution < 1.29 is 9.59 Å². The van der Waals surface area contributed by atoms with Crippen molar-refractivity contribution in [2.24, 2.45) is 0 Å². The lowest BCUT2D eigenvalue weighted by Crippen LogP contribution is -2.42. The molecule has 0 saturated carbocycles. The largest absolute Gasteiger partial charge is 0.339 e. The number of anilines is 1. The van der Waals surface area contributed by atoms with E-state index in [0.717, 1.165) is 37.3 Å². The Morgan fingerprint density at radius 2 is 1.93 bits per heavy atom. The number of hydrogen-bond donors (Lipinski definition) is 2. The first kappa shape index (κ1) is 18.6. The van der Waals surface area contributed by atoms with Crippen molar-refractivity contribution in [3.8, 4) is 0 Å². The highest BCUT2D eigenvalue weighted by Gasteiger charge is 2.39. The van der Waals surface area contributed by atoms with Gasteiger partial charge in [-0.15, -0.1) is 5.10 Å². The van der Waals surface area contributed by atoms with Crippen molar-refractivity contribution >= 4 is 17.5 Å². The fourth-order valence-corrected chi connectivity index (χ4v) is 4.20. The molecule has 2 N–H and O–H groups in total. The van der Waals surface area contributed by atoms with Crippen LogP contribution in [0.25, 0.3) is 0 Å². The van der Waals surface area contributed by atoms with E-state index in [1.54, 1.807) is 4.90 Å². The molecular weight excluding hydrogens is 356 g/mol. The third-order valence-corrected chi connectivity index (χ3v) is 5.69. The van der Waals surface area contributed by atoms with Crippen molar-refractivity contribution in [1.82, 2.24) is 25.6 Å². The van der Waals surface area contributed by atoms with E-state index in [1.165, 1.54) is 0 Å². The Morgan fingerprint density at radius 3 is 2.64 bits per heavy atom. The number of nitrogens with zero attached hydrogens (tertiary/aromatic N) is 4. The van der Waals surface area contributed by atoms with Crippen molar-refractivity contribution in [1.29, 1.82) is 0 Å². The molecule has 28 heavy (non-hydrogen) atoms. The van der Waals surface area contributed by atoms with Crippen LogP contribution in [0.3, 0.4) is 0 Å². The summed E-state index contributed by atoms with van der Waals surface area (Å²) in [6.07, 6.45) is 2.51. The molecule has 0 spiro atoms. The molecule has 0 aliphatic carbocycles. The Bertz CT molecular complexity index is 859. The zero-order valence-corrected chi connectivity index (χ0v) is 16.3. The van der Waals surface area contributed by atoms with Crippen LogP contribution in [-0.2, 0) is 4.79 Å². The Morgan fingerprint density at radius 1 is 1.21 bits per heavy atom. The quantitative estimate of drug-likeness (QED) is 0.835. The fourth-order valence-electron chi connectivity index (χ4n) is 4.20. The van der Waals surface area contributed by atoms with Gasteiger partial charge in [-0.1, -0.05) is 23.4 Å². The molecule has 2 amide bonds. The lowest BCUT2D eigenvalue weighted by Gasteiger charge is -2.23. The van der Waals surface area contributed by atoms with Crippen LogP contribution in [0.5, 0.6) is 0 Å². The molecule has 2 saturated heterocycles. The van der Waals surface area contributed by atoms with Crippen LogP contribution >= 0.6 is 0 Å². The smallest absolute Gasteiger partial charge is 0.274 e. The van der Waals surface area contributed by atoms with Crippen LogP contribution in [0.15, 0.2) is 30.3 Å². The highest BCUT2D eigenvalue weighted by Crippen LogP contribution is 2.27. The van der Waals surface area contributed by atoms with Gasteiger partial charge < -0.3 is 15.5 Å². The summed E-state index contributed by atoms with van der Waals surface area (Å²) in [5, 5.41) is 14.5. The van der Waals surface area contributed by atoms with Crippen LogP contribution in [-0.4, -0.2) is 52.0 Å². The summed E-state index contributed by atoms with van der Waals surface area (Å²) in [6, 6.07) is 9.28. The standard InChI is InChI=1S/C20H26N6O2/c1-13-12-17(20(28)25(13)15-6-4-3-5-7-15)22-19(27)18-14(2)26(24-23-18)16-8-10-21-11-9-16/h3-7,13,16-17,21H,8-12H2,1-2H3,(H,22,27)/t13-,17-/m0/s1. The molecule has 2 fully saturated rings. The molecule has 2 aromatic rings. The molecule has 2 aliphatic heterocycles. The first-order valence-corrected chi connectivity index (χ1v) is 9.87. The number of para-hydroxylation sites is 1. The normalized spacial score (nSPS) is 23.2. The summed E-state index contributed by atoms with van der Waals surface area (Å²) < 4.78 is 1.85. The van der Waals surface area contributed by atoms with Gasteiger partial charge >= 0.3 is 0 Å². The number of carbonyl (C=O) groups is 2. The second kappa shape index (κ2) is 7.71. The predicted octanol–water partition coefficient (Wildman–Crippen LogP) is 1.43. The fraction of sp³-hybridized carbons (Fsp3) is 0.500. The van der Waals surface area contributed by atoms with E-state index in [2.05, 4.69) is 20.9 Å². The summed E-state index contributed by atoms with van der Waals surface area (Å²) >= 11 is 0. The van der Waals surface area contributed by atoms with Crippen molar-refractivity contribution in [3.05, 3.63) is 41.7 Å². The summed E-state index contributed by atoms with van der Waals surface area (Å²) in [5.74, 6) is -0.423. The highest BCUT2D eigenvalue weighted by molar-refractivity contribution is 6.04. The minimum absolute atomic E-state index is 0.0201. The first-order chi connectivity index (χ1) is 13.6. The number of nitrogens with one attached hydrogen (secondary N) is 2.